The van der Waals surface area contributed by atoms with Crippen molar-refractivity contribution in [2.45, 2.75) is 192 Å². The van der Waals surface area contributed by atoms with Crippen molar-refractivity contribution in [3.63, 3.8) is 0 Å². The molecule has 0 aromatic heterocycles. The molecule has 0 spiro atoms. The Morgan fingerprint density at radius 1 is 0.721 bits per heavy atom. The molecule has 0 saturated carbocycles. The maximum Gasteiger partial charge on any atom is 0.472 e. The molecule has 1 aliphatic heterocycles. The average molecular weight is 886 g/mol. The highest BCUT2D eigenvalue weighted by molar-refractivity contribution is 7.47. The van der Waals surface area contributed by atoms with Gasteiger partial charge in [-0.05, 0) is 63.9 Å². The van der Waals surface area contributed by atoms with Crippen LogP contribution in [0.5, 0.6) is 0 Å². The van der Waals surface area contributed by atoms with Crippen molar-refractivity contribution in [2.24, 2.45) is 0 Å². The van der Waals surface area contributed by atoms with Crippen LogP contribution in [0.15, 0.2) is 60.9 Å². The summed E-state index contributed by atoms with van der Waals surface area (Å²) >= 11 is 0. The Labute approximate surface area is 368 Å². The maximum absolute atomic E-state index is 12.7. The third kappa shape index (κ3) is 32.2. The number of carbonyl (C=O) groups excluding carboxylic acids is 1. The number of phosphoric ester groups is 1. The van der Waals surface area contributed by atoms with Crippen molar-refractivity contribution in [1.82, 2.24) is 5.32 Å². The van der Waals surface area contributed by atoms with Gasteiger partial charge in [0.25, 0.3) is 0 Å². The van der Waals surface area contributed by atoms with Crippen LogP contribution in [-0.4, -0.2) is 101 Å². The number of hydrogen-bond donors (Lipinski definition) is 6. The quantitative estimate of drug-likeness (QED) is 0.0112. The van der Waals surface area contributed by atoms with Gasteiger partial charge in [0.15, 0.2) is 6.10 Å². The van der Waals surface area contributed by atoms with Crippen LogP contribution >= 0.6 is 7.82 Å². The Bertz CT molecular complexity index is 1260. The Morgan fingerprint density at radius 2 is 1.23 bits per heavy atom. The second kappa shape index (κ2) is 38.3. The zero-order chi connectivity index (χ0) is 44.7. The first-order valence-corrected chi connectivity index (χ1v) is 24.8. The summed E-state index contributed by atoms with van der Waals surface area (Å²) in [7, 11) is -4.58. The second-order valence-corrected chi connectivity index (χ2v) is 17.4. The van der Waals surface area contributed by atoms with Gasteiger partial charge in [-0.1, -0.05) is 146 Å². The number of rotatable bonds is 40. The lowest BCUT2D eigenvalue weighted by molar-refractivity contribution is -0.317. The van der Waals surface area contributed by atoms with Gasteiger partial charge in [0.05, 0.1) is 32.6 Å². The van der Waals surface area contributed by atoms with E-state index in [0.717, 1.165) is 44.9 Å². The summed E-state index contributed by atoms with van der Waals surface area (Å²) in [5, 5.41) is 42.6. The summed E-state index contributed by atoms with van der Waals surface area (Å²) in [4.78, 5) is 23.0. The number of aliphatic hydroxyl groups is 4. The van der Waals surface area contributed by atoms with E-state index in [2.05, 4.69) is 61.7 Å². The number of nitrogens with one attached hydrogen (secondary N) is 1. The average Bonchev–Trinajstić information content (AvgIpc) is 3.24. The van der Waals surface area contributed by atoms with Crippen molar-refractivity contribution < 1.29 is 57.9 Å². The standard InChI is InChI=1S/C47H84NO12P/c1-3-5-7-9-11-13-15-17-19-20-21-22-24-26-28-30-32-34-44(50)60-42(38-56-36-33-31-29-27-25-23-18-16-14-12-10-8-6-4-2)39-59-61(54,55)58-37-35-48-41-47(53)46(52)45(51)43(49)40-57-47/h11,13,17,19,21-22,26,28,33,36,42-43,45-46,48-49,51-53H,3-10,12,14-16,18,20,23-25,27,29-32,34-35,37-41H2,1-2H3,(H,54,55)/b13-11-,19-17-,22-21-,28-26-,36-33-/t42-,43-,45-,46+,47-/m1/s1. The van der Waals surface area contributed by atoms with Crippen LogP contribution in [0, 0.1) is 0 Å². The fourth-order valence-electron chi connectivity index (χ4n) is 6.45. The molecule has 13 nitrogen and oxygen atoms in total. The molecule has 0 aromatic carbocycles. The third-order valence-electron chi connectivity index (χ3n) is 10.2. The normalized spacial score (nSPS) is 21.4. The van der Waals surface area contributed by atoms with Crippen LogP contribution in [0.25, 0.3) is 0 Å². The molecule has 1 saturated heterocycles. The monoisotopic (exact) mass is 886 g/mol. The molecule has 14 heteroatoms. The zero-order valence-electron chi connectivity index (χ0n) is 37.6. The number of aliphatic hydroxyl groups excluding tert-OH is 3. The molecule has 0 bridgehead atoms. The lowest BCUT2D eigenvalue weighted by atomic mass is 9.97. The minimum absolute atomic E-state index is 0.0596. The van der Waals surface area contributed by atoms with E-state index in [-0.39, 0.29) is 39.3 Å². The number of ether oxygens (including phenoxy) is 3. The SMILES string of the molecule is CCCCC/C=C\C/C=C\C/C=C\C/C=C\CCCC(=O)O[C@H](CO/C=C\CCCCCCCCCCCCCC)COP(=O)(O)OCCNC[C@@]1(O)OC[C@@H](O)[C@@H](O)[C@@H]1O. The minimum atomic E-state index is -4.58. The number of hydrogen-bond acceptors (Lipinski definition) is 12. The summed E-state index contributed by atoms with van der Waals surface area (Å²) in [6.07, 6.45) is 40.3. The lowest BCUT2D eigenvalue weighted by Gasteiger charge is -2.41. The van der Waals surface area contributed by atoms with Crippen LogP contribution in [0.1, 0.15) is 162 Å². The van der Waals surface area contributed by atoms with E-state index in [0.29, 0.717) is 12.8 Å². The highest BCUT2D eigenvalue weighted by Gasteiger charge is 2.48. The Kier molecular flexibility index (Phi) is 35.7. The molecule has 1 rings (SSSR count). The zero-order valence-corrected chi connectivity index (χ0v) is 38.5. The predicted octanol–water partition coefficient (Wildman–Crippen LogP) is 9.19. The van der Waals surface area contributed by atoms with E-state index in [1.165, 1.54) is 83.5 Å². The van der Waals surface area contributed by atoms with Gasteiger partial charge in [0, 0.05) is 13.0 Å². The molecule has 6 atom stereocenters. The molecule has 354 valence electrons. The molecule has 0 radical (unpaired) electrons. The van der Waals surface area contributed by atoms with Crippen molar-refractivity contribution in [2.75, 3.05) is 39.5 Å². The molecule has 1 fully saturated rings. The molecular weight excluding hydrogens is 801 g/mol. The molecule has 0 aromatic rings. The van der Waals surface area contributed by atoms with Crippen molar-refractivity contribution >= 4 is 13.8 Å². The van der Waals surface area contributed by atoms with E-state index in [1.54, 1.807) is 6.26 Å². The van der Waals surface area contributed by atoms with E-state index in [9.17, 15) is 34.7 Å². The van der Waals surface area contributed by atoms with Crippen LogP contribution in [0.4, 0.5) is 0 Å². The smallest absolute Gasteiger partial charge is 0.472 e. The molecule has 61 heavy (non-hydrogen) atoms. The van der Waals surface area contributed by atoms with E-state index < -0.39 is 50.6 Å². The fraction of sp³-hybridized carbons (Fsp3) is 0.766. The second-order valence-electron chi connectivity index (χ2n) is 15.9. The summed E-state index contributed by atoms with van der Waals surface area (Å²) in [5.41, 5.74) is 0. The number of carbonyl (C=O) groups is 1. The number of allylic oxidation sites excluding steroid dienone is 9. The van der Waals surface area contributed by atoms with Gasteiger partial charge in [0.1, 0.15) is 24.9 Å². The van der Waals surface area contributed by atoms with Gasteiger partial charge in [-0.2, -0.15) is 0 Å². The van der Waals surface area contributed by atoms with Gasteiger partial charge in [-0.15, -0.1) is 0 Å². The largest absolute Gasteiger partial charge is 0.498 e. The topological polar surface area (TPSA) is 193 Å². The summed E-state index contributed by atoms with van der Waals surface area (Å²) < 4.78 is 39.1. The number of esters is 1. The van der Waals surface area contributed by atoms with Gasteiger partial charge in [-0.3, -0.25) is 13.8 Å². The van der Waals surface area contributed by atoms with Gasteiger partial charge < -0.3 is 44.8 Å². The van der Waals surface area contributed by atoms with Crippen LogP contribution in [0.3, 0.4) is 0 Å². The molecule has 1 aliphatic rings. The van der Waals surface area contributed by atoms with Crippen LogP contribution in [0.2, 0.25) is 0 Å². The van der Waals surface area contributed by atoms with E-state index >= 15 is 0 Å². The van der Waals surface area contributed by atoms with Gasteiger partial charge in [0.2, 0.25) is 5.79 Å². The van der Waals surface area contributed by atoms with Crippen molar-refractivity contribution in [3.05, 3.63) is 60.9 Å². The minimum Gasteiger partial charge on any atom is -0.498 e. The Morgan fingerprint density at radius 3 is 1.84 bits per heavy atom. The third-order valence-corrected chi connectivity index (χ3v) is 11.2. The molecular formula is C47H84NO12P. The molecule has 1 unspecified atom stereocenters. The van der Waals surface area contributed by atoms with E-state index in [4.69, 9.17) is 23.3 Å². The molecule has 0 amide bonds. The lowest BCUT2D eigenvalue weighted by Crippen LogP contribution is -2.64. The van der Waals surface area contributed by atoms with Crippen molar-refractivity contribution in [1.29, 1.82) is 0 Å². The summed E-state index contributed by atoms with van der Waals surface area (Å²) in [5.74, 6) is -2.65. The van der Waals surface area contributed by atoms with Gasteiger partial charge >= 0.3 is 13.8 Å². The fourth-order valence-corrected chi connectivity index (χ4v) is 7.20. The first kappa shape index (κ1) is 56.9. The van der Waals surface area contributed by atoms with Crippen LogP contribution in [-0.2, 0) is 32.6 Å². The molecule has 1 heterocycles. The number of unbranched alkanes of at least 4 members (excludes halogenated alkanes) is 16. The Hall–Kier alpha value is -2.16. The van der Waals surface area contributed by atoms with E-state index in [1.807, 2.05) is 12.2 Å². The summed E-state index contributed by atoms with van der Waals surface area (Å²) in [6.45, 7) is 2.80. The Balaban J connectivity index is 2.44. The number of phosphoric acid groups is 1. The first-order valence-electron chi connectivity index (χ1n) is 23.3. The highest BCUT2D eigenvalue weighted by Crippen LogP contribution is 2.43. The first-order chi connectivity index (χ1) is 29.5. The summed E-state index contributed by atoms with van der Waals surface area (Å²) in [6, 6.07) is 0. The van der Waals surface area contributed by atoms with Crippen molar-refractivity contribution in [3.8, 4) is 0 Å². The maximum atomic E-state index is 12.7. The predicted molar refractivity (Wildman–Crippen MR) is 243 cm³/mol. The van der Waals surface area contributed by atoms with Crippen LogP contribution < -0.4 is 5.32 Å². The van der Waals surface area contributed by atoms with Gasteiger partial charge in [-0.25, -0.2) is 4.57 Å². The molecule has 0 aliphatic carbocycles. The molecule has 6 N–H and O–H groups in total. The highest BCUT2D eigenvalue weighted by atomic mass is 31.2.